The number of rotatable bonds is 5. The Bertz CT molecular complexity index is 478. The van der Waals surface area contributed by atoms with Gasteiger partial charge in [0.2, 0.25) is 0 Å². The maximum atomic E-state index is 8.98. The Morgan fingerprint density at radius 2 is 2.00 bits per heavy atom. The van der Waals surface area contributed by atoms with E-state index in [1.807, 2.05) is 13.0 Å². The summed E-state index contributed by atoms with van der Waals surface area (Å²) in [5, 5.41) is 8.98. The van der Waals surface area contributed by atoms with Gasteiger partial charge >= 0.3 is 0 Å². The van der Waals surface area contributed by atoms with E-state index in [1.165, 1.54) is 19.3 Å². The highest BCUT2D eigenvalue weighted by atomic mass is 16.5. The second-order valence-corrected chi connectivity index (χ2v) is 5.32. The van der Waals surface area contributed by atoms with Crippen molar-refractivity contribution < 1.29 is 9.47 Å². The van der Waals surface area contributed by atoms with E-state index in [0.717, 1.165) is 18.6 Å². The predicted molar refractivity (Wildman–Crippen MR) is 79.0 cm³/mol. The topological polar surface area (TPSA) is 42.2 Å². The monoisotopic (exact) mass is 273 g/mol. The molecule has 1 aromatic carbocycles. The van der Waals surface area contributed by atoms with Crippen LogP contribution in [0.15, 0.2) is 18.2 Å². The van der Waals surface area contributed by atoms with E-state index in [-0.39, 0.29) is 6.10 Å². The summed E-state index contributed by atoms with van der Waals surface area (Å²) in [7, 11) is 0. The zero-order chi connectivity index (χ0) is 14.4. The summed E-state index contributed by atoms with van der Waals surface area (Å²) in [6, 6.07) is 7.57. The smallest absolute Gasteiger partial charge is 0.162 e. The summed E-state index contributed by atoms with van der Waals surface area (Å²) in [5.41, 5.74) is 0.608. The summed E-state index contributed by atoms with van der Waals surface area (Å²) in [6.07, 6.45) is 6.35. The molecule has 0 aliphatic heterocycles. The number of nitrogens with zero attached hydrogens (tertiary/aromatic N) is 1. The lowest BCUT2D eigenvalue weighted by atomic mass is 9.85. The van der Waals surface area contributed by atoms with Gasteiger partial charge in [-0.2, -0.15) is 5.26 Å². The van der Waals surface area contributed by atoms with Crippen LogP contribution in [0.3, 0.4) is 0 Å². The molecular weight excluding hydrogens is 250 g/mol. The van der Waals surface area contributed by atoms with E-state index in [9.17, 15) is 0 Å². The minimum atomic E-state index is 0.279. The van der Waals surface area contributed by atoms with Crippen molar-refractivity contribution in [3.05, 3.63) is 23.8 Å². The van der Waals surface area contributed by atoms with Crippen LogP contribution < -0.4 is 9.47 Å². The van der Waals surface area contributed by atoms with Gasteiger partial charge in [-0.1, -0.05) is 13.3 Å². The van der Waals surface area contributed by atoms with Gasteiger partial charge in [0.15, 0.2) is 11.5 Å². The first-order chi connectivity index (χ1) is 9.78. The minimum absolute atomic E-state index is 0.279. The molecule has 3 heteroatoms. The minimum Gasteiger partial charge on any atom is -0.490 e. The highest BCUT2D eigenvalue weighted by molar-refractivity contribution is 5.46. The average molecular weight is 273 g/mol. The number of hydrogen-bond donors (Lipinski definition) is 0. The van der Waals surface area contributed by atoms with Crippen LogP contribution in [0.2, 0.25) is 0 Å². The number of benzene rings is 1. The van der Waals surface area contributed by atoms with Gasteiger partial charge < -0.3 is 9.47 Å². The van der Waals surface area contributed by atoms with Crippen molar-refractivity contribution in [3.8, 4) is 17.6 Å². The molecule has 0 saturated heterocycles. The second kappa shape index (κ2) is 7.19. The van der Waals surface area contributed by atoms with Gasteiger partial charge in [-0.15, -0.1) is 0 Å². The van der Waals surface area contributed by atoms with Crippen LogP contribution in [-0.2, 0) is 0 Å². The first-order valence-corrected chi connectivity index (χ1v) is 7.62. The van der Waals surface area contributed by atoms with Gasteiger partial charge in [0.1, 0.15) is 6.10 Å². The van der Waals surface area contributed by atoms with E-state index in [4.69, 9.17) is 14.7 Å². The van der Waals surface area contributed by atoms with Gasteiger partial charge in [-0.3, -0.25) is 0 Å². The van der Waals surface area contributed by atoms with Crippen LogP contribution >= 0.6 is 0 Å². The third-order valence-electron chi connectivity index (χ3n) is 4.01. The number of nitriles is 1. The Hall–Kier alpha value is -1.69. The van der Waals surface area contributed by atoms with Crippen LogP contribution in [0.5, 0.6) is 11.5 Å². The lowest BCUT2D eigenvalue weighted by Gasteiger charge is -2.31. The molecule has 2 atom stereocenters. The van der Waals surface area contributed by atoms with Crippen molar-refractivity contribution in [2.75, 3.05) is 6.61 Å². The molecule has 3 nitrogen and oxygen atoms in total. The fourth-order valence-electron chi connectivity index (χ4n) is 2.90. The normalized spacial score (nSPS) is 22.1. The molecule has 1 saturated carbocycles. The maximum absolute atomic E-state index is 8.98. The number of ether oxygens (including phenoxy) is 2. The van der Waals surface area contributed by atoms with Crippen molar-refractivity contribution >= 4 is 0 Å². The van der Waals surface area contributed by atoms with Gasteiger partial charge in [0.05, 0.1) is 18.2 Å². The zero-order valence-electron chi connectivity index (χ0n) is 12.4. The molecule has 0 amide bonds. The van der Waals surface area contributed by atoms with E-state index >= 15 is 0 Å². The van der Waals surface area contributed by atoms with Gasteiger partial charge in [0.25, 0.3) is 0 Å². The molecule has 0 radical (unpaired) electrons. The molecule has 1 fully saturated rings. The Morgan fingerprint density at radius 3 is 2.70 bits per heavy atom. The molecular formula is C17H23NO2. The van der Waals surface area contributed by atoms with Crippen LogP contribution in [0.25, 0.3) is 0 Å². The van der Waals surface area contributed by atoms with Gasteiger partial charge in [0, 0.05) is 6.07 Å². The third kappa shape index (κ3) is 3.45. The molecule has 2 rings (SSSR count). The fraction of sp³-hybridized carbons (Fsp3) is 0.588. The van der Waals surface area contributed by atoms with Crippen molar-refractivity contribution in [1.29, 1.82) is 5.26 Å². The summed E-state index contributed by atoms with van der Waals surface area (Å²) in [6.45, 7) is 4.75. The quantitative estimate of drug-likeness (QED) is 0.803. The van der Waals surface area contributed by atoms with Crippen LogP contribution in [-0.4, -0.2) is 12.7 Å². The van der Waals surface area contributed by atoms with E-state index in [2.05, 4.69) is 13.0 Å². The molecule has 0 N–H and O–H groups in total. The molecule has 1 aliphatic rings. The Labute approximate surface area is 121 Å². The average Bonchev–Trinajstić information content (AvgIpc) is 2.49. The Morgan fingerprint density at radius 1 is 1.20 bits per heavy atom. The maximum Gasteiger partial charge on any atom is 0.162 e. The second-order valence-electron chi connectivity index (χ2n) is 5.32. The van der Waals surface area contributed by atoms with Crippen molar-refractivity contribution in [1.82, 2.24) is 0 Å². The lowest BCUT2D eigenvalue weighted by Crippen LogP contribution is -2.30. The van der Waals surface area contributed by atoms with E-state index in [0.29, 0.717) is 23.8 Å². The first kappa shape index (κ1) is 14.7. The third-order valence-corrected chi connectivity index (χ3v) is 4.01. The fourth-order valence-corrected chi connectivity index (χ4v) is 2.90. The SMILES string of the molecule is CCOc1cc(C#N)ccc1OC1CCCCC1CC. The van der Waals surface area contributed by atoms with Crippen LogP contribution in [0.1, 0.15) is 51.5 Å². The predicted octanol–water partition coefficient (Wildman–Crippen LogP) is 4.30. The molecule has 108 valence electrons. The molecule has 1 aromatic rings. The molecule has 0 aromatic heterocycles. The van der Waals surface area contributed by atoms with Gasteiger partial charge in [-0.25, -0.2) is 0 Å². The van der Waals surface area contributed by atoms with Crippen LogP contribution in [0.4, 0.5) is 0 Å². The Kier molecular flexibility index (Phi) is 5.29. The zero-order valence-corrected chi connectivity index (χ0v) is 12.4. The number of hydrogen-bond acceptors (Lipinski definition) is 3. The highest BCUT2D eigenvalue weighted by Gasteiger charge is 2.26. The molecule has 20 heavy (non-hydrogen) atoms. The van der Waals surface area contributed by atoms with E-state index < -0.39 is 0 Å². The molecule has 0 spiro atoms. The Balaban J connectivity index is 2.17. The van der Waals surface area contributed by atoms with Crippen molar-refractivity contribution in [2.24, 2.45) is 5.92 Å². The molecule has 1 aliphatic carbocycles. The lowest BCUT2D eigenvalue weighted by molar-refractivity contribution is 0.0865. The van der Waals surface area contributed by atoms with Gasteiger partial charge in [-0.05, 0) is 50.7 Å². The van der Waals surface area contributed by atoms with Crippen molar-refractivity contribution in [3.63, 3.8) is 0 Å². The van der Waals surface area contributed by atoms with E-state index in [1.54, 1.807) is 12.1 Å². The summed E-state index contributed by atoms with van der Waals surface area (Å²) in [4.78, 5) is 0. The summed E-state index contributed by atoms with van der Waals surface area (Å²) < 4.78 is 11.8. The molecule has 0 heterocycles. The summed E-state index contributed by atoms with van der Waals surface area (Å²) >= 11 is 0. The highest BCUT2D eigenvalue weighted by Crippen LogP contribution is 2.35. The molecule has 2 unspecified atom stereocenters. The summed E-state index contributed by atoms with van der Waals surface area (Å²) in [5.74, 6) is 2.09. The van der Waals surface area contributed by atoms with Crippen molar-refractivity contribution in [2.45, 2.75) is 52.1 Å². The molecule has 0 bridgehead atoms. The first-order valence-electron chi connectivity index (χ1n) is 7.62. The standard InChI is InChI=1S/C17H23NO2/c1-3-14-7-5-6-8-15(14)20-16-10-9-13(12-18)11-17(16)19-4-2/h9-11,14-15H,3-8H2,1-2H3. The largest absolute Gasteiger partial charge is 0.490 e. The van der Waals surface area contributed by atoms with Crippen LogP contribution in [0, 0.1) is 17.2 Å².